The van der Waals surface area contributed by atoms with Gasteiger partial charge in [0.1, 0.15) is 0 Å². The summed E-state index contributed by atoms with van der Waals surface area (Å²) in [4.78, 5) is 43.8. The fourth-order valence-electron chi connectivity index (χ4n) is 4.75. The van der Waals surface area contributed by atoms with Gasteiger partial charge in [0.15, 0.2) is 0 Å². The first-order valence-electron chi connectivity index (χ1n) is 14.3. The normalized spacial score (nSPS) is 17.8. The molecule has 2 saturated heterocycles. The third-order valence-corrected chi connectivity index (χ3v) is 8.73. The SMILES string of the molecule is CN1CCN(CCC(=O)Nc2cc(Br)ccc2Sc2cccc(NC(=O)CCCC(=O)NCC3CCCO3)c2)CC1. The number of anilines is 2. The summed E-state index contributed by atoms with van der Waals surface area (Å²) in [6.45, 7) is 6.08. The van der Waals surface area contributed by atoms with E-state index in [0.29, 0.717) is 31.5 Å². The molecule has 1 unspecified atom stereocenters. The zero-order valence-corrected chi connectivity index (χ0v) is 26.0. The Morgan fingerprint density at radius 2 is 1.76 bits per heavy atom. The molecule has 4 rings (SSSR count). The number of amides is 3. The fraction of sp³-hybridized carbons (Fsp3) is 0.500. The number of carbonyl (C=O) groups excluding carboxylic acids is 3. The van der Waals surface area contributed by atoms with Crippen molar-refractivity contribution in [1.82, 2.24) is 15.1 Å². The molecule has 2 heterocycles. The lowest BCUT2D eigenvalue weighted by Gasteiger charge is -2.32. The van der Waals surface area contributed by atoms with Gasteiger partial charge in [-0.05, 0) is 62.7 Å². The summed E-state index contributed by atoms with van der Waals surface area (Å²) in [5.74, 6) is -0.190. The van der Waals surface area contributed by atoms with Crippen LogP contribution in [0.3, 0.4) is 0 Å². The van der Waals surface area contributed by atoms with Gasteiger partial charge in [-0.1, -0.05) is 33.8 Å². The highest BCUT2D eigenvalue weighted by atomic mass is 79.9. The second-order valence-electron chi connectivity index (χ2n) is 10.6. The summed E-state index contributed by atoms with van der Waals surface area (Å²) < 4.78 is 6.40. The third-order valence-electron chi connectivity index (χ3n) is 7.17. The summed E-state index contributed by atoms with van der Waals surface area (Å²) in [5.41, 5.74) is 1.44. The molecule has 0 spiro atoms. The number of nitrogens with zero attached hydrogens (tertiary/aromatic N) is 2. The second kappa shape index (κ2) is 16.3. The van der Waals surface area contributed by atoms with Crippen molar-refractivity contribution in [1.29, 1.82) is 0 Å². The molecule has 0 aromatic heterocycles. The highest BCUT2D eigenvalue weighted by Crippen LogP contribution is 2.36. The van der Waals surface area contributed by atoms with E-state index in [1.54, 1.807) is 0 Å². The molecular formula is C30H40BrN5O4S. The van der Waals surface area contributed by atoms with E-state index in [9.17, 15) is 14.4 Å². The number of ether oxygens (including phenoxy) is 1. The number of hydrogen-bond donors (Lipinski definition) is 3. The maximum Gasteiger partial charge on any atom is 0.225 e. The van der Waals surface area contributed by atoms with Gasteiger partial charge in [-0.3, -0.25) is 14.4 Å². The Labute approximate surface area is 255 Å². The molecule has 2 aromatic rings. The van der Waals surface area contributed by atoms with Crippen LogP contribution in [0.25, 0.3) is 0 Å². The van der Waals surface area contributed by atoms with Crippen LogP contribution in [-0.4, -0.2) is 86.5 Å². The van der Waals surface area contributed by atoms with E-state index in [1.165, 1.54) is 11.8 Å². The van der Waals surface area contributed by atoms with Crippen LogP contribution < -0.4 is 16.0 Å². The Balaban J connectivity index is 1.24. The van der Waals surface area contributed by atoms with Gasteiger partial charge in [0.05, 0.1) is 11.8 Å². The van der Waals surface area contributed by atoms with E-state index >= 15 is 0 Å². The number of nitrogens with one attached hydrogen (secondary N) is 3. The molecular weight excluding hydrogens is 606 g/mol. The third kappa shape index (κ3) is 11.1. The smallest absolute Gasteiger partial charge is 0.225 e. The van der Waals surface area contributed by atoms with Crippen LogP contribution in [0.4, 0.5) is 11.4 Å². The molecule has 3 amide bonds. The Kier molecular flexibility index (Phi) is 12.5. The average Bonchev–Trinajstić information content (AvgIpc) is 3.47. The van der Waals surface area contributed by atoms with Crippen molar-refractivity contribution in [3.05, 3.63) is 46.9 Å². The quantitative estimate of drug-likeness (QED) is 0.293. The zero-order chi connectivity index (χ0) is 29.0. The molecule has 2 aliphatic heterocycles. The van der Waals surface area contributed by atoms with Gasteiger partial charge in [-0.2, -0.15) is 0 Å². The molecule has 2 aromatic carbocycles. The summed E-state index contributed by atoms with van der Waals surface area (Å²) in [7, 11) is 2.12. The first kappa shape index (κ1) is 31.5. The maximum atomic E-state index is 12.8. The van der Waals surface area contributed by atoms with Crippen molar-refractivity contribution >= 4 is 56.8 Å². The molecule has 11 heteroatoms. The Morgan fingerprint density at radius 3 is 2.54 bits per heavy atom. The number of halogens is 1. The molecule has 1 atom stereocenters. The van der Waals surface area contributed by atoms with Crippen molar-refractivity contribution in [2.24, 2.45) is 0 Å². The van der Waals surface area contributed by atoms with E-state index < -0.39 is 0 Å². The molecule has 2 fully saturated rings. The Bertz CT molecular complexity index is 1190. The molecule has 222 valence electrons. The van der Waals surface area contributed by atoms with Gasteiger partial charge in [0.2, 0.25) is 17.7 Å². The predicted molar refractivity (Wildman–Crippen MR) is 166 cm³/mol. The molecule has 0 radical (unpaired) electrons. The van der Waals surface area contributed by atoms with Crippen LogP contribution in [0, 0.1) is 0 Å². The summed E-state index contributed by atoms with van der Waals surface area (Å²) >= 11 is 5.04. The molecule has 0 aliphatic carbocycles. The van der Waals surface area contributed by atoms with Crippen molar-refractivity contribution in [3.63, 3.8) is 0 Å². The van der Waals surface area contributed by atoms with Crippen LogP contribution in [0.15, 0.2) is 56.7 Å². The number of rotatable bonds is 13. The van der Waals surface area contributed by atoms with E-state index in [1.807, 2.05) is 42.5 Å². The molecule has 2 aliphatic rings. The summed E-state index contributed by atoms with van der Waals surface area (Å²) in [6.07, 6.45) is 3.63. The molecule has 41 heavy (non-hydrogen) atoms. The topological polar surface area (TPSA) is 103 Å². The van der Waals surface area contributed by atoms with Gasteiger partial charge >= 0.3 is 0 Å². The molecule has 0 saturated carbocycles. The van der Waals surface area contributed by atoms with Gasteiger partial charge < -0.3 is 30.5 Å². The molecule has 0 bridgehead atoms. The van der Waals surface area contributed by atoms with Gasteiger partial charge in [0.25, 0.3) is 0 Å². The van der Waals surface area contributed by atoms with Crippen molar-refractivity contribution in [2.75, 3.05) is 63.6 Å². The number of benzene rings is 2. The van der Waals surface area contributed by atoms with Crippen LogP contribution in [0.2, 0.25) is 0 Å². The number of hydrogen-bond acceptors (Lipinski definition) is 7. The first-order chi connectivity index (χ1) is 19.8. The van der Waals surface area contributed by atoms with Crippen LogP contribution in [-0.2, 0) is 19.1 Å². The van der Waals surface area contributed by atoms with Crippen LogP contribution >= 0.6 is 27.7 Å². The van der Waals surface area contributed by atoms with Crippen LogP contribution in [0.5, 0.6) is 0 Å². The van der Waals surface area contributed by atoms with Crippen molar-refractivity contribution < 1.29 is 19.1 Å². The number of likely N-dealkylation sites (N-methyl/N-ethyl adjacent to an activating group) is 1. The lowest BCUT2D eigenvalue weighted by Crippen LogP contribution is -2.45. The largest absolute Gasteiger partial charge is 0.376 e. The van der Waals surface area contributed by atoms with Gasteiger partial charge in [-0.15, -0.1) is 0 Å². The van der Waals surface area contributed by atoms with Crippen LogP contribution in [0.1, 0.15) is 38.5 Å². The first-order valence-corrected chi connectivity index (χ1v) is 15.9. The monoisotopic (exact) mass is 645 g/mol. The lowest BCUT2D eigenvalue weighted by molar-refractivity contribution is -0.122. The fourth-order valence-corrected chi connectivity index (χ4v) is 6.05. The minimum atomic E-state index is -0.129. The van der Waals surface area contributed by atoms with Gasteiger partial charge in [-0.25, -0.2) is 0 Å². The zero-order valence-electron chi connectivity index (χ0n) is 23.6. The van der Waals surface area contributed by atoms with Crippen molar-refractivity contribution in [3.8, 4) is 0 Å². The summed E-state index contributed by atoms with van der Waals surface area (Å²) in [6, 6.07) is 13.5. The van der Waals surface area contributed by atoms with Gasteiger partial charge in [0, 0.05) is 85.1 Å². The van der Waals surface area contributed by atoms with E-state index in [4.69, 9.17) is 4.74 Å². The van der Waals surface area contributed by atoms with Crippen molar-refractivity contribution in [2.45, 2.75) is 54.4 Å². The standard InChI is InChI=1S/C30H40BrN5O4S/c1-35-14-16-36(17-15-35)13-12-30(39)34-26-19-22(31)10-11-27(26)41-25-7-2-5-23(20-25)33-29(38)9-3-8-28(37)32-21-24-6-4-18-40-24/h2,5,7,10-11,19-20,24H,3-4,6,8-9,12-18,21H2,1H3,(H,32,37)(H,33,38)(H,34,39). The predicted octanol–water partition coefficient (Wildman–Crippen LogP) is 4.58. The second-order valence-corrected chi connectivity index (χ2v) is 12.6. The molecule has 9 nitrogen and oxygen atoms in total. The minimum Gasteiger partial charge on any atom is -0.376 e. The lowest BCUT2D eigenvalue weighted by atomic mass is 10.2. The Morgan fingerprint density at radius 1 is 0.976 bits per heavy atom. The average molecular weight is 647 g/mol. The maximum absolute atomic E-state index is 12.8. The van der Waals surface area contributed by atoms with E-state index in [-0.39, 0.29) is 30.2 Å². The number of piperazine rings is 1. The highest BCUT2D eigenvalue weighted by Gasteiger charge is 2.17. The Hall–Kier alpha value is -2.44. The highest BCUT2D eigenvalue weighted by molar-refractivity contribution is 9.10. The number of carbonyl (C=O) groups is 3. The van der Waals surface area contributed by atoms with E-state index in [2.05, 4.69) is 48.7 Å². The summed E-state index contributed by atoms with van der Waals surface area (Å²) in [5, 5.41) is 8.91. The van der Waals surface area contributed by atoms with E-state index in [0.717, 1.165) is 72.1 Å². The molecule has 3 N–H and O–H groups in total. The minimum absolute atomic E-state index is 0.00885.